The molecular weight excluding hydrogens is 612 g/mol. The van der Waals surface area contributed by atoms with E-state index in [4.69, 9.17) is 9.47 Å². The topological polar surface area (TPSA) is 249 Å². The van der Waals surface area contributed by atoms with Gasteiger partial charge in [0.15, 0.2) is 0 Å². The zero-order valence-corrected chi connectivity index (χ0v) is 23.6. The van der Waals surface area contributed by atoms with Crippen molar-refractivity contribution in [3.63, 3.8) is 0 Å². The normalized spacial score (nSPS) is 10.4. The maximum atomic E-state index is 12.9. The monoisotopic (exact) mass is 632 g/mol. The van der Waals surface area contributed by atoms with E-state index >= 15 is 0 Å². The predicted octanol–water partition coefficient (Wildman–Crippen LogP) is 5.51. The van der Waals surface area contributed by atoms with Crippen molar-refractivity contribution in [1.29, 1.82) is 0 Å². The highest BCUT2D eigenvalue weighted by molar-refractivity contribution is 6.07. The Morgan fingerprint density at radius 2 is 0.826 bits per heavy atom. The molecule has 46 heavy (non-hydrogen) atoms. The molecule has 4 aromatic carbocycles. The van der Waals surface area contributed by atoms with Crippen molar-refractivity contribution in [3.8, 4) is 22.6 Å². The van der Waals surface area contributed by atoms with Gasteiger partial charge in [-0.3, -0.25) is 50.0 Å². The summed E-state index contributed by atoms with van der Waals surface area (Å²) >= 11 is 0. The van der Waals surface area contributed by atoms with E-state index in [1.165, 1.54) is 26.4 Å². The smallest absolute Gasteiger partial charge is 0.277 e. The van der Waals surface area contributed by atoms with E-state index in [2.05, 4.69) is 10.6 Å². The Bertz CT molecular complexity index is 1740. The molecule has 2 amide bonds. The number of hydrogen-bond donors (Lipinski definition) is 2. The molecule has 0 spiro atoms. The number of amides is 2. The highest BCUT2D eigenvalue weighted by Gasteiger charge is 2.22. The second-order valence-corrected chi connectivity index (χ2v) is 9.24. The molecule has 4 aromatic rings. The highest BCUT2D eigenvalue weighted by atomic mass is 16.6. The van der Waals surface area contributed by atoms with Crippen LogP contribution in [-0.4, -0.2) is 45.7 Å². The van der Waals surface area contributed by atoms with Gasteiger partial charge in [0, 0.05) is 24.3 Å². The largest absolute Gasteiger partial charge is 0.495 e. The number of nitro groups is 4. The number of nitrogens with one attached hydrogen (secondary N) is 2. The zero-order chi connectivity index (χ0) is 33.7. The van der Waals surface area contributed by atoms with E-state index in [0.29, 0.717) is 11.1 Å². The molecule has 0 aromatic heterocycles. The Balaban J connectivity index is 1.60. The summed E-state index contributed by atoms with van der Waals surface area (Å²) in [6.45, 7) is 0. The summed E-state index contributed by atoms with van der Waals surface area (Å²) in [7, 11) is 2.65. The van der Waals surface area contributed by atoms with Crippen LogP contribution in [0.1, 0.15) is 20.7 Å². The molecule has 18 heteroatoms. The molecule has 4 rings (SSSR count). The molecule has 0 radical (unpaired) electrons. The molecule has 0 bridgehead atoms. The van der Waals surface area contributed by atoms with Gasteiger partial charge in [0.1, 0.15) is 11.5 Å². The Morgan fingerprint density at radius 3 is 1.09 bits per heavy atom. The van der Waals surface area contributed by atoms with Crippen molar-refractivity contribution in [2.75, 3.05) is 24.9 Å². The van der Waals surface area contributed by atoms with Gasteiger partial charge in [-0.05, 0) is 35.4 Å². The number of benzene rings is 4. The van der Waals surface area contributed by atoms with Gasteiger partial charge in [-0.15, -0.1) is 0 Å². The lowest BCUT2D eigenvalue weighted by Crippen LogP contribution is -2.13. The van der Waals surface area contributed by atoms with Crippen LogP contribution in [0.3, 0.4) is 0 Å². The number of carbonyl (C=O) groups excluding carboxylic acids is 2. The fourth-order valence-electron chi connectivity index (χ4n) is 4.21. The molecule has 0 aliphatic carbocycles. The number of nitrogens with zero attached hydrogens (tertiary/aromatic N) is 4. The molecular formula is C28H20N6O12. The Morgan fingerprint density at radius 1 is 0.522 bits per heavy atom. The van der Waals surface area contributed by atoms with E-state index in [0.717, 1.165) is 36.4 Å². The van der Waals surface area contributed by atoms with Crippen molar-refractivity contribution >= 4 is 45.9 Å². The summed E-state index contributed by atoms with van der Waals surface area (Å²) < 4.78 is 10.8. The maximum Gasteiger partial charge on any atom is 0.277 e. The quantitative estimate of drug-likeness (QED) is 0.153. The lowest BCUT2D eigenvalue weighted by Gasteiger charge is -2.14. The van der Waals surface area contributed by atoms with Gasteiger partial charge in [0.25, 0.3) is 34.6 Å². The first-order valence-corrected chi connectivity index (χ1v) is 12.7. The standard InChI is InChI=1S/C28H20N6O12/c1-45-25-11-15(3-5-23(25)29-27(35)17-7-19(31(37)38)13-20(8-17)32(39)40)16-4-6-24(26(12-16)46-2)30-28(36)18-9-21(33(41)42)14-22(10-18)34(43)44/h3-14H,1-2H3,(H,29,35)(H,30,36). The number of ether oxygens (including phenoxy) is 2. The van der Waals surface area contributed by atoms with Crippen LogP contribution < -0.4 is 20.1 Å². The number of methoxy groups -OCH3 is 2. The van der Waals surface area contributed by atoms with E-state index in [1.54, 1.807) is 24.3 Å². The van der Waals surface area contributed by atoms with Crippen LogP contribution >= 0.6 is 0 Å². The van der Waals surface area contributed by atoms with Gasteiger partial charge in [-0.1, -0.05) is 12.1 Å². The van der Waals surface area contributed by atoms with E-state index < -0.39 is 54.3 Å². The third kappa shape index (κ3) is 6.97. The summed E-state index contributed by atoms with van der Waals surface area (Å²) in [5.74, 6) is -1.41. The van der Waals surface area contributed by atoms with Gasteiger partial charge < -0.3 is 20.1 Å². The lowest BCUT2D eigenvalue weighted by molar-refractivity contribution is -0.394. The molecule has 0 heterocycles. The molecule has 0 fully saturated rings. The summed E-state index contributed by atoms with van der Waals surface area (Å²) in [5, 5.41) is 49.8. The van der Waals surface area contributed by atoms with Crippen molar-refractivity contribution in [3.05, 3.63) is 124 Å². The minimum Gasteiger partial charge on any atom is -0.495 e. The SMILES string of the molecule is COc1cc(-c2ccc(NC(=O)c3cc([N+](=O)[O-])cc([N+](=O)[O-])c3)c(OC)c2)ccc1NC(=O)c1cc([N+](=O)[O-])cc([N+](=O)[O-])c1. The van der Waals surface area contributed by atoms with Crippen molar-refractivity contribution in [2.45, 2.75) is 0 Å². The van der Waals surface area contributed by atoms with Gasteiger partial charge in [-0.25, -0.2) is 0 Å². The number of carbonyl (C=O) groups is 2. The van der Waals surface area contributed by atoms with Crippen LogP contribution in [0.15, 0.2) is 72.8 Å². The van der Waals surface area contributed by atoms with E-state index in [1.807, 2.05) is 0 Å². The molecule has 234 valence electrons. The molecule has 18 nitrogen and oxygen atoms in total. The van der Waals surface area contributed by atoms with Gasteiger partial charge in [-0.2, -0.15) is 0 Å². The maximum absolute atomic E-state index is 12.9. The molecule has 0 saturated heterocycles. The third-order valence-electron chi connectivity index (χ3n) is 6.41. The fraction of sp³-hybridized carbons (Fsp3) is 0.0714. The van der Waals surface area contributed by atoms with Crippen molar-refractivity contribution < 1.29 is 38.8 Å². The van der Waals surface area contributed by atoms with E-state index in [-0.39, 0.29) is 34.0 Å². The average Bonchev–Trinajstić information content (AvgIpc) is 3.04. The number of hydrogen-bond acceptors (Lipinski definition) is 12. The summed E-state index contributed by atoms with van der Waals surface area (Å²) in [5.41, 5.74) is -1.81. The highest BCUT2D eigenvalue weighted by Crippen LogP contribution is 2.36. The van der Waals surface area contributed by atoms with Crippen molar-refractivity contribution in [1.82, 2.24) is 0 Å². The Kier molecular flexibility index (Phi) is 9.11. The van der Waals surface area contributed by atoms with Gasteiger partial charge in [0.05, 0.1) is 68.5 Å². The second-order valence-electron chi connectivity index (χ2n) is 9.24. The summed E-state index contributed by atoms with van der Waals surface area (Å²) in [6, 6.07) is 14.3. The third-order valence-corrected chi connectivity index (χ3v) is 6.41. The first-order chi connectivity index (χ1) is 21.8. The number of rotatable bonds is 11. The molecule has 0 atom stereocenters. The molecule has 2 N–H and O–H groups in total. The van der Waals surface area contributed by atoms with E-state index in [9.17, 15) is 50.0 Å². The molecule has 0 aliphatic heterocycles. The molecule has 0 saturated carbocycles. The van der Waals surface area contributed by atoms with Crippen LogP contribution in [0.25, 0.3) is 11.1 Å². The predicted molar refractivity (Wildman–Crippen MR) is 160 cm³/mol. The Labute approximate surface area is 256 Å². The first kappa shape index (κ1) is 31.9. The lowest BCUT2D eigenvalue weighted by atomic mass is 10.0. The van der Waals surface area contributed by atoms with Crippen LogP contribution in [0.4, 0.5) is 34.1 Å². The van der Waals surface area contributed by atoms with Crippen LogP contribution in [-0.2, 0) is 0 Å². The van der Waals surface area contributed by atoms with Gasteiger partial charge >= 0.3 is 0 Å². The van der Waals surface area contributed by atoms with Crippen LogP contribution in [0, 0.1) is 40.5 Å². The summed E-state index contributed by atoms with van der Waals surface area (Å²) in [6.07, 6.45) is 0. The fourth-order valence-corrected chi connectivity index (χ4v) is 4.21. The average molecular weight is 632 g/mol. The number of non-ortho nitro benzene ring substituents is 4. The van der Waals surface area contributed by atoms with Gasteiger partial charge in [0.2, 0.25) is 0 Å². The first-order valence-electron chi connectivity index (χ1n) is 12.7. The minimum absolute atomic E-state index is 0.146. The minimum atomic E-state index is -0.867. The van der Waals surface area contributed by atoms with Crippen molar-refractivity contribution in [2.24, 2.45) is 0 Å². The van der Waals surface area contributed by atoms with Crippen LogP contribution in [0.2, 0.25) is 0 Å². The summed E-state index contributed by atoms with van der Waals surface area (Å²) in [4.78, 5) is 67.1. The molecule has 0 unspecified atom stereocenters. The second kappa shape index (κ2) is 13.1. The number of anilines is 2. The van der Waals surface area contributed by atoms with Crippen LogP contribution in [0.5, 0.6) is 11.5 Å². The Hall–Kier alpha value is -6.98. The molecule has 0 aliphatic rings. The number of nitro benzene ring substituents is 4. The zero-order valence-electron chi connectivity index (χ0n) is 23.6.